The van der Waals surface area contributed by atoms with Crippen molar-refractivity contribution in [3.63, 3.8) is 0 Å². The Morgan fingerprint density at radius 1 is 1.36 bits per heavy atom. The average molecular weight is 357 g/mol. The summed E-state index contributed by atoms with van der Waals surface area (Å²) in [6.45, 7) is 2.14. The van der Waals surface area contributed by atoms with Crippen LogP contribution in [0.3, 0.4) is 0 Å². The smallest absolute Gasteiger partial charge is 0.189 e. The highest BCUT2D eigenvalue weighted by molar-refractivity contribution is 6.30. The van der Waals surface area contributed by atoms with Gasteiger partial charge in [0.15, 0.2) is 5.78 Å². The zero-order valence-electron chi connectivity index (χ0n) is 13.9. The first-order chi connectivity index (χ1) is 12.0. The van der Waals surface area contributed by atoms with E-state index in [-0.39, 0.29) is 12.4 Å². The van der Waals surface area contributed by atoms with E-state index in [2.05, 4.69) is 5.10 Å². The number of ether oxygens (including phenoxy) is 1. The summed E-state index contributed by atoms with van der Waals surface area (Å²) < 4.78 is 12.9. The van der Waals surface area contributed by atoms with Crippen LogP contribution in [0.1, 0.15) is 27.6 Å². The number of aryl methyl sites for hydroxylation is 1. The van der Waals surface area contributed by atoms with E-state index in [4.69, 9.17) is 20.8 Å². The lowest BCUT2D eigenvalue weighted by molar-refractivity contribution is 0.104. The van der Waals surface area contributed by atoms with Gasteiger partial charge in [-0.05, 0) is 49.4 Å². The molecule has 0 aliphatic rings. The van der Waals surface area contributed by atoms with Crippen molar-refractivity contribution in [2.75, 3.05) is 0 Å². The monoisotopic (exact) mass is 356 g/mol. The van der Waals surface area contributed by atoms with Crippen LogP contribution in [0.5, 0.6) is 5.75 Å². The van der Waals surface area contributed by atoms with Gasteiger partial charge in [0.05, 0.1) is 11.8 Å². The number of carbonyl (C=O) groups excluding carboxylic acids is 1. The van der Waals surface area contributed by atoms with Crippen LogP contribution in [-0.2, 0) is 13.7 Å². The Labute approximate surface area is 150 Å². The Morgan fingerprint density at radius 3 is 2.92 bits per heavy atom. The highest BCUT2D eigenvalue weighted by atomic mass is 35.5. The molecule has 0 spiro atoms. The minimum Gasteiger partial charge on any atom is -0.486 e. The van der Waals surface area contributed by atoms with Crippen molar-refractivity contribution in [1.82, 2.24) is 9.78 Å². The van der Waals surface area contributed by atoms with Gasteiger partial charge >= 0.3 is 0 Å². The molecule has 25 heavy (non-hydrogen) atoms. The van der Waals surface area contributed by atoms with Gasteiger partial charge in [-0.2, -0.15) is 5.10 Å². The molecule has 0 aliphatic heterocycles. The standard InChI is InChI=1S/C19H17ClN2O3/c1-13-18(11-21-22(13)2)19(23)9-8-15-6-7-17(25-15)12-24-16-5-3-4-14(20)10-16/h3-11H,12H2,1-2H3/b9-8+. The van der Waals surface area contributed by atoms with E-state index in [1.54, 1.807) is 42.2 Å². The van der Waals surface area contributed by atoms with Crippen LogP contribution < -0.4 is 4.74 Å². The molecule has 0 radical (unpaired) electrons. The molecule has 0 N–H and O–H groups in total. The predicted octanol–water partition coefficient (Wildman–Crippen LogP) is 4.45. The number of allylic oxidation sites excluding steroid dienone is 1. The van der Waals surface area contributed by atoms with Crippen LogP contribution in [0.2, 0.25) is 5.02 Å². The molecular formula is C19H17ClN2O3. The molecule has 3 rings (SSSR count). The summed E-state index contributed by atoms with van der Waals surface area (Å²) in [5.74, 6) is 1.80. The predicted molar refractivity (Wildman–Crippen MR) is 95.8 cm³/mol. The first kappa shape index (κ1) is 17.0. The van der Waals surface area contributed by atoms with Gasteiger partial charge in [-0.3, -0.25) is 9.48 Å². The molecule has 0 unspecified atom stereocenters. The quantitative estimate of drug-likeness (QED) is 0.483. The average Bonchev–Trinajstić information content (AvgIpc) is 3.18. The SMILES string of the molecule is Cc1c(C(=O)/C=C/c2ccc(COc3cccc(Cl)c3)o2)cnn1C. The summed E-state index contributed by atoms with van der Waals surface area (Å²) >= 11 is 5.91. The Bertz CT molecular complexity index is 924. The van der Waals surface area contributed by atoms with Crippen LogP contribution in [0.15, 0.2) is 53.1 Å². The topological polar surface area (TPSA) is 57.3 Å². The highest BCUT2D eigenvalue weighted by Gasteiger charge is 2.10. The fourth-order valence-corrected chi connectivity index (χ4v) is 2.44. The van der Waals surface area contributed by atoms with Crippen molar-refractivity contribution >= 4 is 23.5 Å². The summed E-state index contributed by atoms with van der Waals surface area (Å²) in [7, 11) is 1.80. The van der Waals surface area contributed by atoms with Crippen LogP contribution >= 0.6 is 11.6 Å². The van der Waals surface area contributed by atoms with Crippen molar-refractivity contribution < 1.29 is 13.9 Å². The van der Waals surface area contributed by atoms with Gasteiger partial charge in [0.25, 0.3) is 0 Å². The van der Waals surface area contributed by atoms with Gasteiger partial charge in [-0.25, -0.2) is 0 Å². The first-order valence-corrected chi connectivity index (χ1v) is 8.09. The van der Waals surface area contributed by atoms with E-state index in [1.165, 1.54) is 6.08 Å². The number of aromatic nitrogens is 2. The first-order valence-electron chi connectivity index (χ1n) is 7.71. The molecule has 2 aromatic heterocycles. The number of halogens is 1. The fraction of sp³-hybridized carbons (Fsp3) is 0.158. The van der Waals surface area contributed by atoms with Crippen molar-refractivity contribution in [3.05, 3.63) is 76.5 Å². The minimum absolute atomic E-state index is 0.112. The van der Waals surface area contributed by atoms with Crippen LogP contribution in [0.25, 0.3) is 6.08 Å². The van der Waals surface area contributed by atoms with Crippen molar-refractivity contribution in [2.24, 2.45) is 7.05 Å². The van der Waals surface area contributed by atoms with Gasteiger partial charge in [0.1, 0.15) is 23.9 Å². The minimum atomic E-state index is -0.112. The van der Waals surface area contributed by atoms with E-state index in [0.717, 1.165) is 5.69 Å². The summed E-state index contributed by atoms with van der Waals surface area (Å²) in [5, 5.41) is 4.68. The molecule has 0 bridgehead atoms. The third kappa shape index (κ3) is 4.19. The van der Waals surface area contributed by atoms with Crippen molar-refractivity contribution in [3.8, 4) is 5.75 Å². The normalized spacial score (nSPS) is 11.2. The summed E-state index contributed by atoms with van der Waals surface area (Å²) in [5.41, 5.74) is 1.40. The van der Waals surface area contributed by atoms with Crippen LogP contribution in [-0.4, -0.2) is 15.6 Å². The summed E-state index contributed by atoms with van der Waals surface area (Å²) in [6, 6.07) is 10.8. The van der Waals surface area contributed by atoms with E-state index < -0.39 is 0 Å². The van der Waals surface area contributed by atoms with E-state index in [0.29, 0.717) is 27.9 Å². The van der Waals surface area contributed by atoms with Gasteiger partial charge in [0, 0.05) is 17.8 Å². The third-order valence-electron chi connectivity index (χ3n) is 3.76. The number of furan rings is 1. The van der Waals surface area contributed by atoms with E-state index in [1.807, 2.05) is 25.1 Å². The number of hydrogen-bond acceptors (Lipinski definition) is 4. The number of benzene rings is 1. The molecule has 3 aromatic rings. The Morgan fingerprint density at radius 2 is 2.20 bits per heavy atom. The molecule has 6 heteroatoms. The molecule has 0 saturated carbocycles. The number of carbonyl (C=O) groups is 1. The van der Waals surface area contributed by atoms with Crippen molar-refractivity contribution in [1.29, 1.82) is 0 Å². The Balaban J connectivity index is 1.61. The molecular weight excluding hydrogens is 340 g/mol. The molecule has 0 amide bonds. The third-order valence-corrected chi connectivity index (χ3v) is 3.99. The van der Waals surface area contributed by atoms with Crippen molar-refractivity contribution in [2.45, 2.75) is 13.5 Å². The number of ketones is 1. The lowest BCUT2D eigenvalue weighted by Crippen LogP contribution is -1.98. The summed E-state index contributed by atoms with van der Waals surface area (Å²) in [4.78, 5) is 12.2. The van der Waals surface area contributed by atoms with E-state index in [9.17, 15) is 4.79 Å². The second-order valence-electron chi connectivity index (χ2n) is 5.51. The van der Waals surface area contributed by atoms with Crippen LogP contribution in [0.4, 0.5) is 0 Å². The maximum absolute atomic E-state index is 12.2. The van der Waals surface area contributed by atoms with E-state index >= 15 is 0 Å². The van der Waals surface area contributed by atoms with Crippen LogP contribution in [0, 0.1) is 6.92 Å². The Hall–Kier alpha value is -2.79. The molecule has 0 saturated heterocycles. The zero-order valence-corrected chi connectivity index (χ0v) is 14.7. The number of nitrogens with zero attached hydrogens (tertiary/aromatic N) is 2. The maximum Gasteiger partial charge on any atom is 0.189 e. The fourth-order valence-electron chi connectivity index (χ4n) is 2.26. The summed E-state index contributed by atoms with van der Waals surface area (Å²) in [6.07, 6.45) is 4.68. The number of rotatable bonds is 6. The maximum atomic E-state index is 12.2. The zero-order chi connectivity index (χ0) is 17.8. The molecule has 1 aromatic carbocycles. The second-order valence-corrected chi connectivity index (χ2v) is 5.95. The Kier molecular flexibility index (Phi) is 5.05. The lowest BCUT2D eigenvalue weighted by atomic mass is 10.1. The van der Waals surface area contributed by atoms with Gasteiger partial charge in [0.2, 0.25) is 0 Å². The lowest BCUT2D eigenvalue weighted by Gasteiger charge is -2.03. The molecule has 5 nitrogen and oxygen atoms in total. The molecule has 0 fully saturated rings. The van der Waals surface area contributed by atoms with Gasteiger partial charge in [-0.1, -0.05) is 17.7 Å². The molecule has 0 atom stereocenters. The molecule has 128 valence electrons. The molecule has 0 aliphatic carbocycles. The number of hydrogen-bond donors (Lipinski definition) is 0. The highest BCUT2D eigenvalue weighted by Crippen LogP contribution is 2.19. The van der Waals surface area contributed by atoms with Gasteiger partial charge < -0.3 is 9.15 Å². The van der Waals surface area contributed by atoms with Gasteiger partial charge in [-0.15, -0.1) is 0 Å². The molecule has 2 heterocycles. The largest absolute Gasteiger partial charge is 0.486 e. The second kappa shape index (κ2) is 7.40.